The summed E-state index contributed by atoms with van der Waals surface area (Å²) in [7, 11) is 0. The van der Waals surface area contributed by atoms with Crippen molar-refractivity contribution in [3.63, 3.8) is 0 Å². The van der Waals surface area contributed by atoms with Crippen molar-refractivity contribution in [2.45, 2.75) is 6.54 Å². The van der Waals surface area contributed by atoms with Gasteiger partial charge in [-0.25, -0.2) is 13.9 Å². The van der Waals surface area contributed by atoms with Crippen LogP contribution in [0.1, 0.15) is 11.1 Å². The van der Waals surface area contributed by atoms with Gasteiger partial charge >= 0.3 is 6.03 Å². The average Bonchev–Trinajstić information content (AvgIpc) is 3.09. The highest BCUT2D eigenvalue weighted by atomic mass is 19.1. The maximum absolute atomic E-state index is 13.8. The van der Waals surface area contributed by atoms with Crippen LogP contribution in [0.3, 0.4) is 0 Å². The predicted molar refractivity (Wildman–Crippen MR) is 90.5 cm³/mol. The fourth-order valence-electron chi connectivity index (χ4n) is 2.21. The van der Waals surface area contributed by atoms with Gasteiger partial charge in [-0.05, 0) is 24.3 Å². The van der Waals surface area contributed by atoms with Crippen LogP contribution in [0.25, 0.3) is 5.69 Å². The van der Waals surface area contributed by atoms with E-state index in [0.29, 0.717) is 11.4 Å². The largest absolute Gasteiger partial charge is 0.334 e. The molecule has 124 valence electrons. The van der Waals surface area contributed by atoms with E-state index in [2.05, 4.69) is 15.7 Å². The van der Waals surface area contributed by atoms with E-state index in [1.807, 2.05) is 36.4 Å². The van der Waals surface area contributed by atoms with E-state index in [4.69, 9.17) is 5.26 Å². The first-order chi connectivity index (χ1) is 12.2. The highest BCUT2D eigenvalue weighted by Gasteiger charge is 2.08. The first kappa shape index (κ1) is 16.2. The second-order valence-electron chi connectivity index (χ2n) is 5.21. The third kappa shape index (κ3) is 4.00. The summed E-state index contributed by atoms with van der Waals surface area (Å²) in [5, 5.41) is 18.1. The molecular weight excluding hydrogens is 321 g/mol. The number of amides is 2. The Morgan fingerprint density at radius 1 is 1.20 bits per heavy atom. The van der Waals surface area contributed by atoms with Crippen molar-refractivity contribution in [1.82, 2.24) is 15.1 Å². The smallest absolute Gasteiger partial charge is 0.320 e. The van der Waals surface area contributed by atoms with Gasteiger partial charge in [0.1, 0.15) is 5.82 Å². The fourth-order valence-corrected chi connectivity index (χ4v) is 2.21. The van der Waals surface area contributed by atoms with E-state index in [1.54, 1.807) is 16.9 Å². The van der Waals surface area contributed by atoms with Gasteiger partial charge in [-0.1, -0.05) is 24.3 Å². The Labute approximate surface area is 143 Å². The van der Waals surface area contributed by atoms with Crippen molar-refractivity contribution in [2.75, 3.05) is 5.32 Å². The number of benzene rings is 2. The van der Waals surface area contributed by atoms with E-state index < -0.39 is 11.8 Å². The molecule has 0 aliphatic carbocycles. The summed E-state index contributed by atoms with van der Waals surface area (Å²) in [5.74, 6) is -0.158. The molecule has 0 aliphatic rings. The Kier molecular flexibility index (Phi) is 4.72. The molecule has 6 nitrogen and oxygen atoms in total. The number of carbonyl (C=O) groups is 1. The maximum Gasteiger partial charge on any atom is 0.320 e. The molecule has 7 heteroatoms. The summed E-state index contributed by atoms with van der Waals surface area (Å²) in [4.78, 5) is 11.9. The van der Waals surface area contributed by atoms with Gasteiger partial charge < -0.3 is 5.32 Å². The molecule has 0 aliphatic heterocycles. The second-order valence-corrected chi connectivity index (χ2v) is 5.21. The highest BCUT2D eigenvalue weighted by molar-refractivity contribution is 5.88. The number of aromatic nitrogens is 2. The number of nitriles is 1. The van der Waals surface area contributed by atoms with Crippen LogP contribution >= 0.6 is 0 Å². The Hall–Kier alpha value is -3.66. The molecule has 0 unspecified atom stereocenters. The van der Waals surface area contributed by atoms with Gasteiger partial charge in [0.2, 0.25) is 0 Å². The van der Waals surface area contributed by atoms with Gasteiger partial charge in [0, 0.05) is 24.4 Å². The summed E-state index contributed by atoms with van der Waals surface area (Å²) >= 11 is 0. The number of anilines is 1. The van der Waals surface area contributed by atoms with E-state index in [9.17, 15) is 9.18 Å². The minimum absolute atomic E-state index is 0.00275. The number of hydrogen-bond donors (Lipinski definition) is 2. The first-order valence-corrected chi connectivity index (χ1v) is 7.50. The van der Waals surface area contributed by atoms with Crippen molar-refractivity contribution in [3.8, 4) is 11.8 Å². The minimum atomic E-state index is -0.535. The Morgan fingerprint density at radius 2 is 2.00 bits per heavy atom. The van der Waals surface area contributed by atoms with E-state index >= 15 is 0 Å². The molecule has 1 aromatic heterocycles. The summed E-state index contributed by atoms with van der Waals surface area (Å²) in [5.41, 5.74) is 1.40. The van der Waals surface area contributed by atoms with Crippen molar-refractivity contribution < 1.29 is 9.18 Å². The molecule has 0 fully saturated rings. The first-order valence-electron chi connectivity index (χ1n) is 7.50. The third-order valence-electron chi connectivity index (χ3n) is 3.47. The zero-order chi connectivity index (χ0) is 17.6. The van der Waals surface area contributed by atoms with Crippen LogP contribution in [0.15, 0.2) is 60.8 Å². The second kappa shape index (κ2) is 7.27. The Morgan fingerprint density at radius 3 is 2.72 bits per heavy atom. The van der Waals surface area contributed by atoms with Gasteiger partial charge in [-0.2, -0.15) is 5.26 Å². The zero-order valence-corrected chi connectivity index (χ0v) is 13.1. The molecule has 1 heterocycles. The number of nitrogens with zero attached hydrogens (tertiary/aromatic N) is 3. The SMILES string of the molecule is N#Cc1ccc(CNC(=O)Nc2ccn(-c3ccccc3)n2)c(F)c1. The average molecular weight is 335 g/mol. The fraction of sp³-hybridized carbons (Fsp3) is 0.0556. The zero-order valence-electron chi connectivity index (χ0n) is 13.1. The minimum Gasteiger partial charge on any atom is -0.334 e. The van der Waals surface area contributed by atoms with Gasteiger partial charge in [0.15, 0.2) is 5.82 Å². The maximum atomic E-state index is 13.8. The van der Waals surface area contributed by atoms with E-state index in [-0.39, 0.29) is 12.1 Å². The molecule has 0 radical (unpaired) electrons. The Bertz CT molecular complexity index is 930. The van der Waals surface area contributed by atoms with Crippen molar-refractivity contribution in [1.29, 1.82) is 5.26 Å². The topological polar surface area (TPSA) is 82.7 Å². The van der Waals surface area contributed by atoms with Crippen LogP contribution in [0.2, 0.25) is 0 Å². The van der Waals surface area contributed by atoms with Crippen LogP contribution in [-0.4, -0.2) is 15.8 Å². The van der Waals surface area contributed by atoms with E-state index in [0.717, 1.165) is 11.8 Å². The lowest BCUT2D eigenvalue weighted by molar-refractivity contribution is 0.251. The monoisotopic (exact) mass is 335 g/mol. The van der Waals surface area contributed by atoms with E-state index in [1.165, 1.54) is 12.1 Å². The molecule has 2 aromatic carbocycles. The number of nitrogens with one attached hydrogen (secondary N) is 2. The van der Waals surface area contributed by atoms with Crippen LogP contribution in [0.5, 0.6) is 0 Å². The molecule has 2 amide bonds. The number of para-hydroxylation sites is 1. The number of rotatable bonds is 4. The van der Waals surface area contributed by atoms with Crippen LogP contribution in [0, 0.1) is 17.1 Å². The molecule has 0 atom stereocenters. The van der Waals surface area contributed by atoms with Crippen LogP contribution in [-0.2, 0) is 6.54 Å². The summed E-state index contributed by atoms with van der Waals surface area (Å²) in [6, 6.07) is 16.6. The molecule has 0 bridgehead atoms. The molecule has 0 saturated heterocycles. The lowest BCUT2D eigenvalue weighted by Crippen LogP contribution is -2.28. The molecule has 3 rings (SSSR count). The number of urea groups is 1. The molecule has 2 N–H and O–H groups in total. The number of hydrogen-bond acceptors (Lipinski definition) is 3. The highest BCUT2D eigenvalue weighted by Crippen LogP contribution is 2.11. The molecule has 0 spiro atoms. The molecule has 0 saturated carbocycles. The van der Waals surface area contributed by atoms with Crippen molar-refractivity contribution in [2.24, 2.45) is 0 Å². The molecule has 25 heavy (non-hydrogen) atoms. The van der Waals surface area contributed by atoms with Crippen LogP contribution in [0.4, 0.5) is 15.0 Å². The van der Waals surface area contributed by atoms with Gasteiger partial charge in [0.05, 0.1) is 17.3 Å². The van der Waals surface area contributed by atoms with Gasteiger partial charge in [-0.15, -0.1) is 5.10 Å². The lowest BCUT2D eigenvalue weighted by atomic mass is 10.1. The van der Waals surface area contributed by atoms with Gasteiger partial charge in [-0.3, -0.25) is 5.32 Å². The van der Waals surface area contributed by atoms with Crippen LogP contribution < -0.4 is 10.6 Å². The Balaban J connectivity index is 1.58. The lowest BCUT2D eigenvalue weighted by Gasteiger charge is -2.07. The summed E-state index contributed by atoms with van der Waals surface area (Å²) in [6.07, 6.45) is 1.73. The molecular formula is C18H14FN5O. The van der Waals surface area contributed by atoms with Gasteiger partial charge in [0.25, 0.3) is 0 Å². The quantitative estimate of drug-likeness (QED) is 0.768. The predicted octanol–water partition coefficient (Wildman–Crippen LogP) is 3.20. The number of carbonyl (C=O) groups excluding carboxylic acids is 1. The third-order valence-corrected chi connectivity index (χ3v) is 3.47. The molecule has 3 aromatic rings. The summed E-state index contributed by atoms with van der Waals surface area (Å²) in [6.45, 7) is 0.00275. The van der Waals surface area contributed by atoms with Crippen molar-refractivity contribution >= 4 is 11.8 Å². The normalized spacial score (nSPS) is 10.1. The standard InChI is InChI=1S/C18H14FN5O/c19-16-10-13(11-20)6-7-14(16)12-21-18(25)22-17-8-9-24(23-17)15-4-2-1-3-5-15/h1-10H,12H2,(H2,21,22,23,25). The summed E-state index contributed by atoms with van der Waals surface area (Å²) < 4.78 is 15.4. The number of halogens is 1. The van der Waals surface area contributed by atoms with Crippen molar-refractivity contribution in [3.05, 3.63) is 77.7 Å².